The molecule has 1 aliphatic rings. The number of ether oxygens (including phenoxy) is 2. The van der Waals surface area contributed by atoms with Crippen molar-refractivity contribution in [1.82, 2.24) is 0 Å². The first-order chi connectivity index (χ1) is 14.3. The van der Waals surface area contributed by atoms with Crippen LogP contribution in [0, 0.1) is 11.8 Å². The van der Waals surface area contributed by atoms with Crippen LogP contribution in [-0.4, -0.2) is 12.2 Å². The van der Waals surface area contributed by atoms with E-state index in [0.717, 1.165) is 42.6 Å². The molecule has 0 heterocycles. The number of benzene rings is 2. The summed E-state index contributed by atoms with van der Waals surface area (Å²) in [7, 11) is 1.68. The molecular formula is C27H38O3. The summed E-state index contributed by atoms with van der Waals surface area (Å²) in [5.41, 5.74) is 2.86. The van der Waals surface area contributed by atoms with Crippen molar-refractivity contribution < 1.29 is 14.6 Å². The normalized spacial score (nSPS) is 18.0. The molecule has 1 N–H and O–H groups in total. The second-order valence-electron chi connectivity index (χ2n) is 9.55. The molecule has 3 rings (SSSR count). The van der Waals surface area contributed by atoms with Crippen LogP contribution in [0.1, 0.15) is 88.7 Å². The van der Waals surface area contributed by atoms with Gasteiger partial charge in [0.15, 0.2) is 6.29 Å². The lowest BCUT2D eigenvalue weighted by molar-refractivity contribution is -0.193. The van der Waals surface area contributed by atoms with Gasteiger partial charge in [0.2, 0.25) is 0 Å². The predicted molar refractivity (Wildman–Crippen MR) is 123 cm³/mol. The Morgan fingerprint density at radius 3 is 1.93 bits per heavy atom. The summed E-state index contributed by atoms with van der Waals surface area (Å²) in [6.07, 6.45) is 4.33. The zero-order valence-electron chi connectivity index (χ0n) is 19.2. The minimum absolute atomic E-state index is 0.428. The molecular weight excluding hydrogens is 372 g/mol. The first-order valence-corrected chi connectivity index (χ1v) is 11.4. The highest BCUT2D eigenvalue weighted by atomic mass is 16.6. The van der Waals surface area contributed by atoms with Gasteiger partial charge in [0, 0.05) is 5.56 Å². The molecule has 0 spiro atoms. The molecule has 0 bridgehead atoms. The van der Waals surface area contributed by atoms with Gasteiger partial charge in [-0.2, -0.15) is 0 Å². The molecule has 1 aliphatic carbocycles. The molecule has 2 atom stereocenters. The summed E-state index contributed by atoms with van der Waals surface area (Å²) < 4.78 is 11.7. The van der Waals surface area contributed by atoms with Gasteiger partial charge in [-0.25, -0.2) is 0 Å². The fourth-order valence-electron chi connectivity index (χ4n) is 4.81. The van der Waals surface area contributed by atoms with Crippen molar-refractivity contribution in [2.24, 2.45) is 11.8 Å². The summed E-state index contributed by atoms with van der Waals surface area (Å²) in [5, 5.41) is 10.9. The van der Waals surface area contributed by atoms with Crippen molar-refractivity contribution >= 4 is 0 Å². The standard InChI is InChI=1S/C27H38O3/c1-19(2)18-25(20(3)4)21-8-10-22(11-9-21)26(28)30-27(16-6-7-17-27)23-12-14-24(29-5)15-13-23/h8-15,19-20,25-26,28H,6-7,16-18H2,1-5H3. The van der Waals surface area contributed by atoms with Crippen LogP contribution >= 0.6 is 0 Å². The van der Waals surface area contributed by atoms with Crippen LogP contribution in [-0.2, 0) is 10.3 Å². The van der Waals surface area contributed by atoms with Crippen molar-refractivity contribution in [1.29, 1.82) is 0 Å². The molecule has 1 saturated carbocycles. The predicted octanol–water partition coefficient (Wildman–Crippen LogP) is 6.96. The monoisotopic (exact) mass is 410 g/mol. The van der Waals surface area contributed by atoms with Crippen LogP contribution in [0.5, 0.6) is 5.75 Å². The van der Waals surface area contributed by atoms with Crippen LogP contribution in [0.15, 0.2) is 48.5 Å². The average molecular weight is 411 g/mol. The van der Waals surface area contributed by atoms with Gasteiger partial charge in [0.05, 0.1) is 12.7 Å². The molecule has 1 fully saturated rings. The van der Waals surface area contributed by atoms with E-state index < -0.39 is 11.9 Å². The van der Waals surface area contributed by atoms with Crippen LogP contribution in [0.25, 0.3) is 0 Å². The van der Waals surface area contributed by atoms with Crippen molar-refractivity contribution in [3.8, 4) is 5.75 Å². The first-order valence-electron chi connectivity index (χ1n) is 11.4. The quantitative estimate of drug-likeness (QED) is 0.454. The minimum Gasteiger partial charge on any atom is -0.497 e. The highest BCUT2D eigenvalue weighted by Crippen LogP contribution is 2.45. The van der Waals surface area contributed by atoms with Gasteiger partial charge in [-0.1, -0.05) is 76.9 Å². The molecule has 0 saturated heterocycles. The number of methoxy groups -OCH3 is 1. The smallest absolute Gasteiger partial charge is 0.182 e. The van der Waals surface area contributed by atoms with Gasteiger partial charge in [-0.3, -0.25) is 0 Å². The number of aliphatic hydroxyl groups is 1. The second kappa shape index (κ2) is 9.98. The summed E-state index contributed by atoms with van der Waals surface area (Å²) in [4.78, 5) is 0. The Hall–Kier alpha value is -1.84. The summed E-state index contributed by atoms with van der Waals surface area (Å²) in [6.45, 7) is 9.14. The topological polar surface area (TPSA) is 38.7 Å². The van der Waals surface area contributed by atoms with E-state index in [0.29, 0.717) is 17.8 Å². The van der Waals surface area contributed by atoms with E-state index in [1.165, 1.54) is 12.0 Å². The Labute approximate surface area is 182 Å². The molecule has 2 aromatic rings. The van der Waals surface area contributed by atoms with E-state index in [-0.39, 0.29) is 0 Å². The third-order valence-electron chi connectivity index (χ3n) is 6.54. The lowest BCUT2D eigenvalue weighted by atomic mass is 9.82. The molecule has 0 aliphatic heterocycles. The number of hydrogen-bond acceptors (Lipinski definition) is 3. The van der Waals surface area contributed by atoms with Crippen molar-refractivity contribution in [2.75, 3.05) is 7.11 Å². The zero-order chi connectivity index (χ0) is 21.7. The molecule has 30 heavy (non-hydrogen) atoms. The fraction of sp³-hybridized carbons (Fsp3) is 0.556. The molecule has 0 radical (unpaired) electrons. The lowest BCUT2D eigenvalue weighted by Gasteiger charge is -2.33. The van der Waals surface area contributed by atoms with Gasteiger partial charge in [-0.15, -0.1) is 0 Å². The molecule has 2 aromatic carbocycles. The number of rotatable bonds is 9. The summed E-state index contributed by atoms with van der Waals surface area (Å²) >= 11 is 0. The third-order valence-corrected chi connectivity index (χ3v) is 6.54. The van der Waals surface area contributed by atoms with Gasteiger partial charge in [-0.05, 0) is 60.3 Å². The number of aliphatic hydroxyl groups excluding tert-OH is 1. The Kier molecular flexibility index (Phi) is 7.60. The van der Waals surface area contributed by atoms with Crippen molar-refractivity contribution in [2.45, 2.75) is 77.6 Å². The Balaban J connectivity index is 1.77. The Bertz CT molecular complexity index is 771. The maximum Gasteiger partial charge on any atom is 0.182 e. The van der Waals surface area contributed by atoms with Crippen LogP contribution in [0.2, 0.25) is 0 Å². The molecule has 2 unspecified atom stereocenters. The zero-order valence-corrected chi connectivity index (χ0v) is 19.2. The van der Waals surface area contributed by atoms with E-state index in [4.69, 9.17) is 9.47 Å². The van der Waals surface area contributed by atoms with Gasteiger partial charge < -0.3 is 14.6 Å². The van der Waals surface area contributed by atoms with Crippen molar-refractivity contribution in [3.63, 3.8) is 0 Å². The lowest BCUT2D eigenvalue weighted by Crippen LogP contribution is -2.28. The fourth-order valence-corrected chi connectivity index (χ4v) is 4.81. The molecule has 0 aromatic heterocycles. The largest absolute Gasteiger partial charge is 0.497 e. The average Bonchev–Trinajstić information content (AvgIpc) is 3.21. The summed E-state index contributed by atoms with van der Waals surface area (Å²) in [5.74, 6) is 2.63. The van der Waals surface area contributed by atoms with Crippen LogP contribution < -0.4 is 4.74 Å². The van der Waals surface area contributed by atoms with Gasteiger partial charge in [0.25, 0.3) is 0 Å². The molecule has 3 heteroatoms. The Morgan fingerprint density at radius 1 is 0.867 bits per heavy atom. The maximum atomic E-state index is 10.9. The van der Waals surface area contributed by atoms with E-state index in [9.17, 15) is 5.11 Å². The van der Waals surface area contributed by atoms with Gasteiger partial charge in [0.1, 0.15) is 5.75 Å². The van der Waals surface area contributed by atoms with Crippen LogP contribution in [0.3, 0.4) is 0 Å². The molecule has 0 amide bonds. The second-order valence-corrected chi connectivity index (χ2v) is 9.55. The van der Waals surface area contributed by atoms with Gasteiger partial charge >= 0.3 is 0 Å². The van der Waals surface area contributed by atoms with E-state index in [2.05, 4.69) is 52.0 Å². The number of hydrogen-bond donors (Lipinski definition) is 1. The SMILES string of the molecule is COc1ccc(C2(OC(O)c3ccc(C(CC(C)C)C(C)C)cc3)CCCC2)cc1. The highest BCUT2D eigenvalue weighted by molar-refractivity contribution is 5.32. The van der Waals surface area contributed by atoms with Crippen molar-refractivity contribution in [3.05, 3.63) is 65.2 Å². The first kappa shape index (κ1) is 22.8. The van der Waals surface area contributed by atoms with E-state index >= 15 is 0 Å². The minimum atomic E-state index is -0.929. The maximum absolute atomic E-state index is 10.9. The highest BCUT2D eigenvalue weighted by Gasteiger charge is 2.39. The van der Waals surface area contributed by atoms with E-state index in [1.54, 1.807) is 7.11 Å². The van der Waals surface area contributed by atoms with E-state index in [1.807, 2.05) is 24.3 Å². The van der Waals surface area contributed by atoms with Crippen LogP contribution in [0.4, 0.5) is 0 Å². The summed E-state index contributed by atoms with van der Waals surface area (Å²) in [6, 6.07) is 16.5. The molecule has 164 valence electrons. The third kappa shape index (κ3) is 5.25. The molecule has 3 nitrogen and oxygen atoms in total. The Morgan fingerprint density at radius 2 is 1.43 bits per heavy atom.